The Morgan fingerprint density at radius 1 is 1.21 bits per heavy atom. The number of hydroxylamine groups is 2. The average molecular weight is 460 g/mol. The number of hydrogen-bond donors (Lipinski definition) is 2. The van der Waals surface area contributed by atoms with E-state index in [4.69, 9.17) is 14.3 Å². The Balaban J connectivity index is 1.92. The zero-order valence-corrected chi connectivity index (χ0v) is 18.9. The molecule has 11 heteroatoms. The van der Waals surface area contributed by atoms with E-state index < -0.39 is 47.2 Å². The van der Waals surface area contributed by atoms with Gasteiger partial charge in [-0.1, -0.05) is 30.3 Å². The fourth-order valence-electron chi connectivity index (χ4n) is 3.51. The van der Waals surface area contributed by atoms with Gasteiger partial charge in [0.15, 0.2) is 6.23 Å². The van der Waals surface area contributed by atoms with Crippen LogP contribution in [0.3, 0.4) is 0 Å². The van der Waals surface area contributed by atoms with Crippen LogP contribution in [-0.2, 0) is 25.7 Å². The summed E-state index contributed by atoms with van der Waals surface area (Å²) in [5, 5.41) is 4.10. The molecule has 33 heavy (non-hydrogen) atoms. The van der Waals surface area contributed by atoms with Crippen LogP contribution < -0.4 is 16.6 Å². The summed E-state index contributed by atoms with van der Waals surface area (Å²) in [7, 11) is 1.22. The Kier molecular flexibility index (Phi) is 7.34. The van der Waals surface area contributed by atoms with Crippen molar-refractivity contribution >= 4 is 12.1 Å². The maximum Gasteiger partial charge on any atom is 0.408 e. The number of amides is 1. The number of nitrogens with one attached hydrogen (secondary N) is 2. The fourth-order valence-corrected chi connectivity index (χ4v) is 3.51. The highest BCUT2D eigenvalue weighted by Crippen LogP contribution is 2.32. The highest BCUT2D eigenvalue weighted by molar-refractivity contribution is 5.82. The zero-order valence-electron chi connectivity index (χ0n) is 18.9. The predicted molar refractivity (Wildman–Crippen MR) is 117 cm³/mol. The van der Waals surface area contributed by atoms with Crippen molar-refractivity contribution in [1.29, 1.82) is 0 Å². The van der Waals surface area contributed by atoms with Gasteiger partial charge >= 0.3 is 17.8 Å². The Morgan fingerprint density at radius 3 is 2.52 bits per heavy atom. The summed E-state index contributed by atoms with van der Waals surface area (Å²) >= 11 is 0. The minimum Gasteiger partial charge on any atom is -0.467 e. The number of ether oxygens (including phenoxy) is 2. The highest BCUT2D eigenvalue weighted by Gasteiger charge is 2.44. The normalized spacial score (nSPS) is 19.6. The Bertz CT molecular complexity index is 1090. The van der Waals surface area contributed by atoms with Crippen LogP contribution in [0.15, 0.2) is 52.2 Å². The minimum absolute atomic E-state index is 0.147. The molecule has 2 heterocycles. The standard InChI is InChI=1S/C22H28N4O7/c1-22(2,3)32-21(30)24-18(19(28)31-4)15-12-17(25-11-10-16(27)23-20(25)29)33-26(15)13-14-8-6-5-7-9-14/h5-11,15,17-18H,12-13H2,1-4H3,(H,24,30)(H,23,27,29)/t15-,17+,18+/m0/s1. The van der Waals surface area contributed by atoms with Crippen molar-refractivity contribution in [2.24, 2.45) is 0 Å². The smallest absolute Gasteiger partial charge is 0.408 e. The number of hydrogen-bond acceptors (Lipinski definition) is 8. The quantitative estimate of drug-likeness (QED) is 0.617. The molecule has 1 amide bonds. The molecule has 2 aromatic rings. The monoisotopic (exact) mass is 460 g/mol. The van der Waals surface area contributed by atoms with Gasteiger partial charge in [0, 0.05) is 25.2 Å². The molecule has 3 rings (SSSR count). The maximum absolute atomic E-state index is 12.7. The van der Waals surface area contributed by atoms with Crippen molar-refractivity contribution in [1.82, 2.24) is 19.9 Å². The first-order valence-corrected chi connectivity index (χ1v) is 10.4. The third-order valence-electron chi connectivity index (χ3n) is 4.92. The number of benzene rings is 1. The molecule has 1 fully saturated rings. The van der Waals surface area contributed by atoms with Crippen LogP contribution in [0.25, 0.3) is 0 Å². The highest BCUT2D eigenvalue weighted by atomic mass is 16.7. The topological polar surface area (TPSA) is 132 Å². The molecular formula is C22H28N4O7. The molecule has 3 atom stereocenters. The number of esters is 1. The second-order valence-corrected chi connectivity index (χ2v) is 8.59. The lowest BCUT2D eigenvalue weighted by Gasteiger charge is -2.29. The van der Waals surface area contributed by atoms with Crippen molar-refractivity contribution in [2.45, 2.75) is 57.6 Å². The number of H-pyrrole nitrogens is 1. The number of aromatic amines is 1. The molecule has 0 saturated carbocycles. The summed E-state index contributed by atoms with van der Waals surface area (Å²) in [6.45, 7) is 5.39. The molecule has 1 saturated heterocycles. The molecule has 2 N–H and O–H groups in total. The van der Waals surface area contributed by atoms with Gasteiger partial charge in [-0.2, -0.15) is 5.06 Å². The molecule has 1 aliphatic heterocycles. The van der Waals surface area contributed by atoms with Crippen LogP contribution in [0, 0.1) is 0 Å². The molecule has 178 valence electrons. The van der Waals surface area contributed by atoms with Gasteiger partial charge in [-0.05, 0) is 26.3 Å². The van der Waals surface area contributed by atoms with Crippen LogP contribution in [0.4, 0.5) is 4.79 Å². The van der Waals surface area contributed by atoms with Gasteiger partial charge in [-0.3, -0.25) is 19.2 Å². The van der Waals surface area contributed by atoms with Gasteiger partial charge < -0.3 is 14.8 Å². The number of methoxy groups -OCH3 is 1. The van der Waals surface area contributed by atoms with Gasteiger partial charge in [0.2, 0.25) is 0 Å². The third kappa shape index (κ3) is 6.30. The minimum atomic E-state index is -1.14. The van der Waals surface area contributed by atoms with Crippen LogP contribution in [0.2, 0.25) is 0 Å². The lowest BCUT2D eigenvalue weighted by Crippen LogP contribution is -2.54. The van der Waals surface area contributed by atoms with E-state index in [-0.39, 0.29) is 13.0 Å². The molecule has 1 aliphatic rings. The van der Waals surface area contributed by atoms with E-state index in [0.717, 1.165) is 5.56 Å². The summed E-state index contributed by atoms with van der Waals surface area (Å²) in [5.74, 6) is -0.693. The number of alkyl carbamates (subject to hydrolysis) is 1. The molecule has 1 aromatic carbocycles. The summed E-state index contributed by atoms with van der Waals surface area (Å²) < 4.78 is 11.5. The number of carbonyl (C=O) groups excluding carboxylic acids is 2. The van der Waals surface area contributed by atoms with Gasteiger partial charge in [-0.25, -0.2) is 14.4 Å². The largest absolute Gasteiger partial charge is 0.467 e. The van der Waals surface area contributed by atoms with E-state index in [9.17, 15) is 19.2 Å². The number of nitrogens with zero attached hydrogens (tertiary/aromatic N) is 2. The van der Waals surface area contributed by atoms with Crippen LogP contribution in [0.1, 0.15) is 39.0 Å². The van der Waals surface area contributed by atoms with Crippen molar-refractivity contribution < 1.29 is 23.9 Å². The lowest BCUT2D eigenvalue weighted by molar-refractivity contribution is -0.196. The van der Waals surface area contributed by atoms with Gasteiger partial charge in [0.1, 0.15) is 11.6 Å². The molecule has 0 radical (unpaired) electrons. The Hall–Kier alpha value is -3.44. The third-order valence-corrected chi connectivity index (χ3v) is 4.92. The predicted octanol–water partition coefficient (Wildman–Crippen LogP) is 1.31. The number of aromatic nitrogens is 2. The first kappa shape index (κ1) is 24.2. The second kappa shape index (κ2) is 10.0. The first-order valence-electron chi connectivity index (χ1n) is 10.4. The summed E-state index contributed by atoms with van der Waals surface area (Å²) in [5.41, 5.74) is -1.07. The molecule has 0 unspecified atom stereocenters. The lowest BCUT2D eigenvalue weighted by atomic mass is 10.0. The fraction of sp³-hybridized carbons (Fsp3) is 0.455. The molecule has 0 spiro atoms. The van der Waals surface area contributed by atoms with Gasteiger partial charge in [0.25, 0.3) is 5.56 Å². The van der Waals surface area contributed by atoms with E-state index in [1.54, 1.807) is 20.8 Å². The summed E-state index contributed by atoms with van der Waals surface area (Å²) in [6, 6.07) is 8.72. The molecule has 0 aliphatic carbocycles. The molecule has 0 bridgehead atoms. The van der Waals surface area contributed by atoms with Crippen LogP contribution in [0.5, 0.6) is 0 Å². The molecule has 1 aromatic heterocycles. The van der Waals surface area contributed by atoms with Gasteiger partial charge in [-0.15, -0.1) is 0 Å². The van der Waals surface area contributed by atoms with Crippen molar-refractivity contribution in [3.8, 4) is 0 Å². The maximum atomic E-state index is 12.7. The Morgan fingerprint density at radius 2 is 1.91 bits per heavy atom. The molecular weight excluding hydrogens is 432 g/mol. The Labute approximate surface area is 190 Å². The van der Waals surface area contributed by atoms with Gasteiger partial charge in [0.05, 0.1) is 13.2 Å². The van der Waals surface area contributed by atoms with Crippen LogP contribution in [-0.4, -0.2) is 51.5 Å². The SMILES string of the molecule is COC(=O)[C@H](NC(=O)OC(C)(C)C)[C@@H]1C[C@H](n2ccc(=O)[nH]c2=O)ON1Cc1ccccc1. The molecule has 11 nitrogen and oxygen atoms in total. The average Bonchev–Trinajstić information content (AvgIpc) is 3.14. The van der Waals surface area contributed by atoms with E-state index in [0.29, 0.717) is 0 Å². The number of carbonyl (C=O) groups is 2. The van der Waals surface area contributed by atoms with E-state index in [1.165, 1.54) is 29.0 Å². The zero-order chi connectivity index (χ0) is 24.2. The van der Waals surface area contributed by atoms with Crippen molar-refractivity contribution in [3.05, 3.63) is 69.0 Å². The van der Waals surface area contributed by atoms with E-state index >= 15 is 0 Å². The van der Waals surface area contributed by atoms with E-state index in [2.05, 4.69) is 10.3 Å². The van der Waals surface area contributed by atoms with Crippen LogP contribution >= 0.6 is 0 Å². The number of rotatable bonds is 6. The second-order valence-electron chi connectivity index (χ2n) is 8.59. The van der Waals surface area contributed by atoms with Crippen molar-refractivity contribution in [2.75, 3.05) is 7.11 Å². The summed E-state index contributed by atoms with van der Waals surface area (Å²) in [6.07, 6.45) is -0.143. The van der Waals surface area contributed by atoms with Crippen molar-refractivity contribution in [3.63, 3.8) is 0 Å². The summed E-state index contributed by atoms with van der Waals surface area (Å²) in [4.78, 5) is 57.1. The first-order chi connectivity index (χ1) is 15.6. The van der Waals surface area contributed by atoms with E-state index in [1.807, 2.05) is 30.3 Å².